The zero-order chi connectivity index (χ0) is 15.0. The van der Waals surface area contributed by atoms with Crippen LogP contribution in [0.5, 0.6) is 5.75 Å². The van der Waals surface area contributed by atoms with Crippen molar-refractivity contribution >= 4 is 23.2 Å². The molecule has 1 aliphatic carbocycles. The molecule has 0 bridgehead atoms. The summed E-state index contributed by atoms with van der Waals surface area (Å²) in [7, 11) is 1.67. The Morgan fingerprint density at radius 3 is 2.57 bits per heavy atom. The van der Waals surface area contributed by atoms with Crippen LogP contribution < -0.4 is 10.5 Å². The first-order valence-corrected chi connectivity index (χ1v) is 7.68. The van der Waals surface area contributed by atoms with Crippen LogP contribution in [-0.4, -0.2) is 7.11 Å². The predicted octanol–water partition coefficient (Wildman–Crippen LogP) is 4.34. The van der Waals surface area contributed by atoms with Crippen LogP contribution in [0, 0.1) is 0 Å². The maximum atomic E-state index is 6.69. The number of hydrogen-bond donors (Lipinski definition) is 1. The van der Waals surface area contributed by atoms with E-state index in [-0.39, 0.29) is 0 Å². The number of methoxy groups -OCH3 is 1. The van der Waals surface area contributed by atoms with Gasteiger partial charge in [-0.2, -0.15) is 0 Å². The molecule has 21 heavy (non-hydrogen) atoms. The Hall–Kier alpha value is -1.22. The van der Waals surface area contributed by atoms with E-state index < -0.39 is 5.54 Å². The average Bonchev–Trinajstić information content (AvgIpc) is 2.80. The molecular weight excluding hydrogens is 305 g/mol. The van der Waals surface area contributed by atoms with Gasteiger partial charge in [-0.25, -0.2) is 0 Å². The Balaban J connectivity index is 2.01. The zero-order valence-corrected chi connectivity index (χ0v) is 13.3. The van der Waals surface area contributed by atoms with Gasteiger partial charge in [0.2, 0.25) is 0 Å². The number of fused-ring (bicyclic) bond motifs is 1. The fourth-order valence-corrected chi connectivity index (χ4v) is 3.59. The van der Waals surface area contributed by atoms with E-state index in [1.54, 1.807) is 7.11 Å². The first kappa shape index (κ1) is 14.7. The van der Waals surface area contributed by atoms with Crippen molar-refractivity contribution in [1.29, 1.82) is 0 Å². The van der Waals surface area contributed by atoms with Crippen molar-refractivity contribution in [3.63, 3.8) is 0 Å². The summed E-state index contributed by atoms with van der Waals surface area (Å²) in [6.07, 6.45) is 2.49. The predicted molar refractivity (Wildman–Crippen MR) is 87.3 cm³/mol. The monoisotopic (exact) mass is 321 g/mol. The summed E-state index contributed by atoms with van der Waals surface area (Å²) in [6, 6.07) is 11.7. The normalized spacial score (nSPS) is 20.4. The Morgan fingerprint density at radius 1 is 1.19 bits per heavy atom. The van der Waals surface area contributed by atoms with Crippen LogP contribution in [0.25, 0.3) is 0 Å². The van der Waals surface area contributed by atoms with Gasteiger partial charge in [0, 0.05) is 15.6 Å². The molecule has 0 aliphatic heterocycles. The van der Waals surface area contributed by atoms with Gasteiger partial charge in [0.15, 0.2) is 0 Å². The lowest BCUT2D eigenvalue weighted by atomic mass is 9.86. The number of halogens is 2. The van der Waals surface area contributed by atoms with Gasteiger partial charge in [-0.15, -0.1) is 0 Å². The zero-order valence-electron chi connectivity index (χ0n) is 11.8. The summed E-state index contributed by atoms with van der Waals surface area (Å²) in [5.41, 5.74) is 9.58. The molecule has 110 valence electrons. The van der Waals surface area contributed by atoms with Crippen LogP contribution >= 0.6 is 23.2 Å². The van der Waals surface area contributed by atoms with Gasteiger partial charge >= 0.3 is 0 Å². The molecule has 0 radical (unpaired) electrons. The Kier molecular flexibility index (Phi) is 3.87. The second-order valence-corrected chi connectivity index (χ2v) is 6.37. The highest BCUT2D eigenvalue weighted by atomic mass is 35.5. The number of nitrogens with two attached hydrogens (primary N) is 1. The van der Waals surface area contributed by atoms with Crippen LogP contribution in [0.3, 0.4) is 0 Å². The van der Waals surface area contributed by atoms with Crippen LogP contribution in [0.15, 0.2) is 36.4 Å². The van der Waals surface area contributed by atoms with Gasteiger partial charge in [0.05, 0.1) is 7.11 Å². The molecule has 3 rings (SSSR count). The number of rotatable bonds is 3. The lowest BCUT2D eigenvalue weighted by Gasteiger charge is -2.27. The Labute approximate surface area is 134 Å². The molecule has 0 heterocycles. The fraction of sp³-hybridized carbons (Fsp3) is 0.294. The van der Waals surface area contributed by atoms with Crippen LogP contribution in [0.1, 0.15) is 23.1 Å². The average molecular weight is 322 g/mol. The number of hydrogen-bond acceptors (Lipinski definition) is 2. The lowest BCUT2D eigenvalue weighted by Crippen LogP contribution is -2.36. The standard InChI is InChI=1S/C17H17Cl2NO/c1-21-12-6-5-11-7-8-17(20,14(11)9-12)10-13-15(18)3-2-4-16(13)19/h2-6,9H,7-8,10,20H2,1H3. The van der Waals surface area contributed by atoms with Gasteiger partial charge in [-0.1, -0.05) is 35.3 Å². The fourth-order valence-electron chi connectivity index (χ4n) is 3.06. The second-order valence-electron chi connectivity index (χ2n) is 5.56. The minimum atomic E-state index is -0.446. The molecule has 2 nitrogen and oxygen atoms in total. The van der Waals surface area contributed by atoms with Gasteiger partial charge in [-0.3, -0.25) is 0 Å². The van der Waals surface area contributed by atoms with Gasteiger partial charge in [0.25, 0.3) is 0 Å². The van der Waals surface area contributed by atoms with E-state index in [0.29, 0.717) is 16.5 Å². The summed E-state index contributed by atoms with van der Waals surface area (Å²) in [4.78, 5) is 0. The summed E-state index contributed by atoms with van der Waals surface area (Å²) in [6.45, 7) is 0. The molecule has 0 fully saturated rings. The van der Waals surface area contributed by atoms with E-state index in [4.69, 9.17) is 33.7 Å². The third-order valence-corrected chi connectivity index (χ3v) is 4.96. The third kappa shape index (κ3) is 2.64. The topological polar surface area (TPSA) is 35.2 Å². The van der Waals surface area contributed by atoms with E-state index in [0.717, 1.165) is 29.7 Å². The van der Waals surface area contributed by atoms with Crippen molar-refractivity contribution < 1.29 is 4.74 Å². The molecule has 1 unspecified atom stereocenters. The van der Waals surface area contributed by atoms with Crippen molar-refractivity contribution in [2.45, 2.75) is 24.8 Å². The van der Waals surface area contributed by atoms with E-state index in [1.165, 1.54) is 5.56 Å². The van der Waals surface area contributed by atoms with Crippen molar-refractivity contribution in [3.8, 4) is 5.75 Å². The molecule has 0 saturated carbocycles. The highest BCUT2D eigenvalue weighted by Crippen LogP contribution is 2.41. The number of benzene rings is 2. The van der Waals surface area contributed by atoms with Crippen molar-refractivity contribution in [3.05, 3.63) is 63.1 Å². The highest BCUT2D eigenvalue weighted by molar-refractivity contribution is 6.36. The molecule has 0 saturated heterocycles. The van der Waals surface area contributed by atoms with Gasteiger partial charge < -0.3 is 10.5 Å². The van der Waals surface area contributed by atoms with E-state index in [1.807, 2.05) is 30.3 Å². The molecule has 4 heteroatoms. The quantitative estimate of drug-likeness (QED) is 0.912. The molecule has 1 aliphatic rings. The van der Waals surface area contributed by atoms with E-state index in [2.05, 4.69) is 6.07 Å². The highest BCUT2D eigenvalue weighted by Gasteiger charge is 2.36. The smallest absolute Gasteiger partial charge is 0.119 e. The minimum absolute atomic E-state index is 0.446. The molecular formula is C17H17Cl2NO. The molecule has 0 amide bonds. The SMILES string of the molecule is COc1ccc2c(c1)C(N)(Cc1c(Cl)cccc1Cl)CC2. The largest absolute Gasteiger partial charge is 0.497 e. The third-order valence-electron chi connectivity index (χ3n) is 4.25. The van der Waals surface area contributed by atoms with Crippen LogP contribution in [0.2, 0.25) is 10.0 Å². The minimum Gasteiger partial charge on any atom is -0.497 e. The summed E-state index contributed by atoms with van der Waals surface area (Å²) < 4.78 is 5.32. The Bertz CT molecular complexity index is 666. The molecule has 2 aromatic rings. The van der Waals surface area contributed by atoms with Crippen LogP contribution in [-0.2, 0) is 18.4 Å². The van der Waals surface area contributed by atoms with E-state index in [9.17, 15) is 0 Å². The van der Waals surface area contributed by atoms with Crippen LogP contribution in [0.4, 0.5) is 0 Å². The number of aryl methyl sites for hydroxylation is 1. The van der Waals surface area contributed by atoms with Crippen molar-refractivity contribution in [1.82, 2.24) is 0 Å². The maximum Gasteiger partial charge on any atom is 0.119 e. The summed E-state index contributed by atoms with van der Waals surface area (Å²) >= 11 is 12.6. The van der Waals surface area contributed by atoms with E-state index >= 15 is 0 Å². The molecule has 2 aromatic carbocycles. The Morgan fingerprint density at radius 2 is 1.90 bits per heavy atom. The van der Waals surface area contributed by atoms with Crippen molar-refractivity contribution in [2.24, 2.45) is 5.73 Å². The van der Waals surface area contributed by atoms with Gasteiger partial charge in [-0.05, 0) is 60.2 Å². The number of ether oxygens (including phenoxy) is 1. The first-order chi connectivity index (χ1) is 10.0. The second kappa shape index (κ2) is 5.53. The maximum absolute atomic E-state index is 6.69. The molecule has 0 spiro atoms. The lowest BCUT2D eigenvalue weighted by molar-refractivity contribution is 0.407. The molecule has 0 aromatic heterocycles. The molecule has 2 N–H and O–H groups in total. The van der Waals surface area contributed by atoms with Gasteiger partial charge in [0.1, 0.15) is 5.75 Å². The first-order valence-electron chi connectivity index (χ1n) is 6.93. The summed E-state index contributed by atoms with van der Waals surface area (Å²) in [5.74, 6) is 0.829. The summed E-state index contributed by atoms with van der Waals surface area (Å²) in [5, 5.41) is 1.34. The van der Waals surface area contributed by atoms with Crippen molar-refractivity contribution in [2.75, 3.05) is 7.11 Å². The molecule has 1 atom stereocenters.